The van der Waals surface area contributed by atoms with Gasteiger partial charge in [0.15, 0.2) is 0 Å². The van der Waals surface area contributed by atoms with Crippen LogP contribution in [0.3, 0.4) is 0 Å². The van der Waals surface area contributed by atoms with Gasteiger partial charge in [-0.15, -0.1) is 0 Å². The van der Waals surface area contributed by atoms with Gasteiger partial charge in [-0.05, 0) is 62.4 Å². The summed E-state index contributed by atoms with van der Waals surface area (Å²) in [7, 11) is 0. The second kappa shape index (κ2) is 12.0. The molecule has 0 radical (unpaired) electrons. The van der Waals surface area contributed by atoms with Crippen molar-refractivity contribution in [1.29, 1.82) is 0 Å². The number of hydrogen-bond acceptors (Lipinski definition) is 5. The van der Waals surface area contributed by atoms with E-state index in [9.17, 15) is 14.0 Å². The van der Waals surface area contributed by atoms with Crippen molar-refractivity contribution < 1.29 is 13.6 Å². The number of aromatic nitrogens is 2. The molecule has 6 rings (SSSR count). The smallest absolute Gasteiger partial charge is 0.320 e. The van der Waals surface area contributed by atoms with Crippen LogP contribution in [0.1, 0.15) is 75.1 Å². The first-order valence-corrected chi connectivity index (χ1v) is 15.6. The summed E-state index contributed by atoms with van der Waals surface area (Å²) < 4.78 is 31.0. The standard InChI is InChI=1S/C33H42F2N6O2/c1-22(2)37-26-10-13-40(29(17-26)27-16-25(34)7-8-28(27)35)32(43)38-14-15-39(33(21-38)11-4-5-12-33)20-24-18-36-30-9-6-23(3)19-41(30)31(24)42/h6-9,16,18-19,22,26,29,37H,4-5,10-15,17,20-21H2,1-3H3/t26-,29+/m1/s1. The number of amides is 2. The maximum atomic E-state index is 15.1. The predicted octanol–water partition coefficient (Wildman–Crippen LogP) is 5.04. The molecule has 8 nitrogen and oxygen atoms in total. The first-order chi connectivity index (χ1) is 20.6. The minimum atomic E-state index is -0.557. The van der Waals surface area contributed by atoms with Crippen LogP contribution in [0.5, 0.6) is 0 Å². The zero-order valence-electron chi connectivity index (χ0n) is 25.4. The third kappa shape index (κ3) is 5.91. The van der Waals surface area contributed by atoms with Gasteiger partial charge in [0.25, 0.3) is 5.56 Å². The highest BCUT2D eigenvalue weighted by Gasteiger charge is 2.47. The number of urea groups is 1. The number of aryl methyl sites for hydroxylation is 1. The molecule has 1 spiro atoms. The van der Waals surface area contributed by atoms with Gasteiger partial charge in [-0.25, -0.2) is 18.6 Å². The van der Waals surface area contributed by atoms with Crippen molar-refractivity contribution in [3.05, 3.63) is 81.4 Å². The summed E-state index contributed by atoms with van der Waals surface area (Å²) >= 11 is 0. The van der Waals surface area contributed by atoms with E-state index in [4.69, 9.17) is 0 Å². The molecule has 0 bridgehead atoms. The predicted molar refractivity (Wildman–Crippen MR) is 162 cm³/mol. The number of halogens is 2. The summed E-state index contributed by atoms with van der Waals surface area (Å²) in [6.45, 7) is 8.73. The zero-order chi connectivity index (χ0) is 30.3. The second-order valence-electron chi connectivity index (χ2n) is 13.0. The first kappa shape index (κ1) is 29.7. The largest absolute Gasteiger partial charge is 0.321 e. The van der Waals surface area contributed by atoms with Crippen molar-refractivity contribution in [3.63, 3.8) is 0 Å². The molecule has 2 aliphatic heterocycles. The number of fused-ring (bicyclic) bond motifs is 1. The average molecular weight is 593 g/mol. The van der Waals surface area contributed by atoms with Crippen LogP contribution < -0.4 is 10.9 Å². The summed E-state index contributed by atoms with van der Waals surface area (Å²) in [4.78, 5) is 38.2. The number of piperazine rings is 1. The topological polar surface area (TPSA) is 73.2 Å². The summed E-state index contributed by atoms with van der Waals surface area (Å²) in [6.07, 6.45) is 8.82. The Bertz CT molecular complexity index is 1550. The van der Waals surface area contributed by atoms with E-state index in [0.29, 0.717) is 50.4 Å². The van der Waals surface area contributed by atoms with Crippen LogP contribution >= 0.6 is 0 Å². The molecular weight excluding hydrogens is 550 g/mol. The van der Waals surface area contributed by atoms with Crippen LogP contribution in [0.15, 0.2) is 47.5 Å². The number of rotatable bonds is 5. The summed E-state index contributed by atoms with van der Waals surface area (Å²) in [5.74, 6) is -0.993. The maximum absolute atomic E-state index is 15.1. The highest BCUT2D eigenvalue weighted by Crippen LogP contribution is 2.40. The van der Waals surface area contributed by atoms with Gasteiger partial charge in [0.05, 0.1) is 11.6 Å². The van der Waals surface area contributed by atoms with Gasteiger partial charge in [-0.2, -0.15) is 0 Å². The number of carbonyl (C=O) groups excluding carboxylic acids is 1. The number of piperidine rings is 1. The zero-order valence-corrected chi connectivity index (χ0v) is 25.4. The lowest BCUT2D eigenvalue weighted by Crippen LogP contribution is -2.64. The lowest BCUT2D eigenvalue weighted by Gasteiger charge is -2.51. The van der Waals surface area contributed by atoms with E-state index in [0.717, 1.165) is 49.8 Å². The second-order valence-corrected chi connectivity index (χ2v) is 13.0. The number of likely N-dealkylation sites (tertiary alicyclic amines) is 1. The molecule has 1 aliphatic carbocycles. The quantitative estimate of drug-likeness (QED) is 0.450. The Morgan fingerprint density at radius 3 is 2.67 bits per heavy atom. The van der Waals surface area contributed by atoms with Gasteiger partial charge in [0.1, 0.15) is 17.3 Å². The van der Waals surface area contributed by atoms with Crippen molar-refractivity contribution in [3.8, 4) is 0 Å². The molecule has 4 heterocycles. The molecule has 3 aromatic rings. The third-order valence-electron chi connectivity index (χ3n) is 9.62. The van der Waals surface area contributed by atoms with E-state index in [-0.39, 0.29) is 34.8 Å². The Balaban J connectivity index is 1.24. The van der Waals surface area contributed by atoms with Gasteiger partial charge >= 0.3 is 6.03 Å². The Morgan fingerprint density at radius 1 is 1.12 bits per heavy atom. The van der Waals surface area contributed by atoms with Crippen molar-refractivity contribution in [1.82, 2.24) is 29.4 Å². The Labute approximate surface area is 251 Å². The van der Waals surface area contributed by atoms with Crippen molar-refractivity contribution >= 4 is 11.7 Å². The molecule has 2 aromatic heterocycles. The fourth-order valence-corrected chi connectivity index (χ4v) is 7.53. The molecule has 2 amide bonds. The molecule has 1 N–H and O–H groups in total. The van der Waals surface area contributed by atoms with Gasteiger partial charge in [0.2, 0.25) is 0 Å². The maximum Gasteiger partial charge on any atom is 0.320 e. The number of pyridine rings is 1. The summed E-state index contributed by atoms with van der Waals surface area (Å²) in [5.41, 5.74) is 2.21. The molecule has 43 heavy (non-hydrogen) atoms. The van der Waals surface area contributed by atoms with E-state index in [1.807, 2.05) is 30.2 Å². The van der Waals surface area contributed by atoms with E-state index >= 15 is 4.39 Å². The Kier molecular flexibility index (Phi) is 8.26. The van der Waals surface area contributed by atoms with Crippen LogP contribution in [0, 0.1) is 18.6 Å². The molecule has 1 aromatic carbocycles. The van der Waals surface area contributed by atoms with Crippen molar-refractivity contribution in [2.24, 2.45) is 0 Å². The van der Waals surface area contributed by atoms with E-state index < -0.39 is 17.7 Å². The monoisotopic (exact) mass is 592 g/mol. The van der Waals surface area contributed by atoms with Crippen LogP contribution in [0.25, 0.3) is 5.65 Å². The van der Waals surface area contributed by atoms with E-state index in [2.05, 4.69) is 29.0 Å². The van der Waals surface area contributed by atoms with Crippen LogP contribution in [-0.4, -0.2) is 73.9 Å². The van der Waals surface area contributed by atoms with Crippen molar-refractivity contribution in [2.45, 2.75) is 89.5 Å². The number of benzene rings is 1. The molecular formula is C33H42F2N6O2. The van der Waals surface area contributed by atoms with Gasteiger partial charge in [-0.1, -0.05) is 32.8 Å². The molecule has 2 atom stereocenters. The minimum absolute atomic E-state index is 0.0572. The van der Waals surface area contributed by atoms with Crippen molar-refractivity contribution in [2.75, 3.05) is 26.2 Å². The van der Waals surface area contributed by atoms with Crippen LogP contribution in [0.2, 0.25) is 0 Å². The van der Waals surface area contributed by atoms with E-state index in [1.165, 1.54) is 6.07 Å². The molecule has 3 fully saturated rings. The lowest BCUT2D eigenvalue weighted by atomic mass is 9.89. The highest BCUT2D eigenvalue weighted by atomic mass is 19.1. The molecule has 0 unspecified atom stereocenters. The number of nitrogens with one attached hydrogen (secondary N) is 1. The average Bonchev–Trinajstić information content (AvgIpc) is 3.45. The van der Waals surface area contributed by atoms with Gasteiger partial charge in [0, 0.05) is 68.3 Å². The Morgan fingerprint density at radius 2 is 1.91 bits per heavy atom. The fraction of sp³-hybridized carbons (Fsp3) is 0.545. The van der Waals surface area contributed by atoms with Crippen LogP contribution in [0.4, 0.5) is 13.6 Å². The highest BCUT2D eigenvalue weighted by molar-refractivity contribution is 5.75. The molecule has 1 saturated carbocycles. The number of nitrogens with zero attached hydrogens (tertiary/aromatic N) is 5. The molecule has 2 saturated heterocycles. The molecule has 3 aliphatic rings. The van der Waals surface area contributed by atoms with Gasteiger partial charge < -0.3 is 15.1 Å². The molecule has 10 heteroatoms. The first-order valence-electron chi connectivity index (χ1n) is 15.6. The summed E-state index contributed by atoms with van der Waals surface area (Å²) in [6, 6.07) is 7.00. The lowest BCUT2D eigenvalue weighted by molar-refractivity contribution is -0.00264. The van der Waals surface area contributed by atoms with Crippen LogP contribution in [-0.2, 0) is 6.54 Å². The number of hydrogen-bond donors (Lipinski definition) is 1. The minimum Gasteiger partial charge on any atom is -0.321 e. The third-order valence-corrected chi connectivity index (χ3v) is 9.62. The Hall–Kier alpha value is -3.37. The summed E-state index contributed by atoms with van der Waals surface area (Å²) in [5, 5.41) is 3.53. The number of carbonyl (C=O) groups is 1. The normalized spacial score (nSPS) is 22.7. The van der Waals surface area contributed by atoms with Gasteiger partial charge in [-0.3, -0.25) is 14.1 Å². The fourth-order valence-electron chi connectivity index (χ4n) is 7.53. The van der Waals surface area contributed by atoms with E-state index in [1.54, 1.807) is 15.5 Å². The SMILES string of the molecule is Cc1ccc2ncc(CN3CCN(C(=O)N4CC[C@@H](NC(C)C)C[C@H]4c4cc(F)ccc4F)CC34CCCC4)c(=O)n2c1. The molecule has 230 valence electrons.